The van der Waals surface area contributed by atoms with Gasteiger partial charge in [0.25, 0.3) is 0 Å². The zero-order valence-electron chi connectivity index (χ0n) is 11.9. The van der Waals surface area contributed by atoms with Gasteiger partial charge in [-0.05, 0) is 42.5 Å². The number of likely N-dealkylation sites (tertiary alicyclic amines) is 1. The van der Waals surface area contributed by atoms with Crippen molar-refractivity contribution in [2.24, 2.45) is 11.7 Å². The van der Waals surface area contributed by atoms with E-state index in [-0.39, 0.29) is 23.8 Å². The van der Waals surface area contributed by atoms with Gasteiger partial charge in [-0.25, -0.2) is 4.79 Å². The molecule has 7 heteroatoms. The summed E-state index contributed by atoms with van der Waals surface area (Å²) in [5.41, 5.74) is 6.24. The van der Waals surface area contributed by atoms with Crippen LogP contribution in [0.5, 0.6) is 0 Å². The van der Waals surface area contributed by atoms with E-state index in [2.05, 4.69) is 5.32 Å². The van der Waals surface area contributed by atoms with Gasteiger partial charge >= 0.3 is 6.03 Å². The zero-order valence-corrected chi connectivity index (χ0v) is 13.4. The monoisotopic (exact) mass is 341 g/mol. The predicted octanol–water partition coefficient (Wildman–Crippen LogP) is 2.37. The molecule has 0 spiro atoms. The van der Waals surface area contributed by atoms with E-state index in [1.165, 1.54) is 0 Å². The van der Waals surface area contributed by atoms with E-state index in [1.807, 2.05) is 12.1 Å². The molecular weight excluding hydrogens is 325 g/mol. The number of hydrogen-bond donors (Lipinski definition) is 2. The van der Waals surface area contributed by atoms with Crippen LogP contribution < -0.4 is 11.1 Å². The van der Waals surface area contributed by atoms with Crippen molar-refractivity contribution in [1.82, 2.24) is 10.2 Å². The van der Waals surface area contributed by atoms with Crippen molar-refractivity contribution >= 4 is 35.1 Å². The molecule has 22 heavy (non-hydrogen) atoms. The van der Waals surface area contributed by atoms with Crippen LogP contribution in [-0.4, -0.2) is 36.0 Å². The van der Waals surface area contributed by atoms with Gasteiger partial charge < -0.3 is 16.0 Å². The fraction of sp³-hybridized carbons (Fsp3) is 0.467. The van der Waals surface area contributed by atoms with E-state index < -0.39 is 6.03 Å². The van der Waals surface area contributed by atoms with Crippen molar-refractivity contribution in [3.63, 3.8) is 0 Å². The molecule has 118 valence electrons. The van der Waals surface area contributed by atoms with Gasteiger partial charge in [-0.1, -0.05) is 23.2 Å². The number of hydrogen-bond acceptors (Lipinski definition) is 2. The number of carbonyl (C=O) groups is 2. The number of nitrogens with one attached hydrogen (secondary N) is 1. The predicted molar refractivity (Wildman–Crippen MR) is 85.0 cm³/mol. The summed E-state index contributed by atoms with van der Waals surface area (Å²) in [6, 6.07) is 4.95. The summed E-state index contributed by atoms with van der Waals surface area (Å²) >= 11 is 12.0. The van der Waals surface area contributed by atoms with Crippen LogP contribution in [0.1, 0.15) is 24.3 Å². The average molecular weight is 342 g/mol. The van der Waals surface area contributed by atoms with Crippen LogP contribution in [0.15, 0.2) is 18.2 Å². The number of halogens is 2. The van der Waals surface area contributed by atoms with E-state index >= 15 is 0 Å². The number of nitrogens with two attached hydrogens (primary N) is 1. The molecule has 3 N–H and O–H groups in total. The van der Waals surface area contributed by atoms with Crippen molar-refractivity contribution < 1.29 is 9.59 Å². The molecule has 3 unspecified atom stereocenters. The summed E-state index contributed by atoms with van der Waals surface area (Å²) in [5.74, 6) is 0.152. The van der Waals surface area contributed by atoms with Crippen LogP contribution in [0, 0.1) is 5.92 Å². The van der Waals surface area contributed by atoms with Gasteiger partial charge in [0.05, 0.1) is 0 Å². The van der Waals surface area contributed by atoms with Crippen molar-refractivity contribution in [3.8, 4) is 0 Å². The topological polar surface area (TPSA) is 75.4 Å². The molecule has 1 aliphatic carbocycles. The van der Waals surface area contributed by atoms with E-state index in [0.29, 0.717) is 23.1 Å². The van der Waals surface area contributed by atoms with Crippen LogP contribution in [0.2, 0.25) is 10.0 Å². The highest BCUT2D eigenvalue weighted by Gasteiger charge is 2.45. The molecule has 3 atom stereocenters. The molecule has 2 aliphatic rings. The summed E-state index contributed by atoms with van der Waals surface area (Å²) in [7, 11) is 0. The first-order chi connectivity index (χ1) is 10.4. The fourth-order valence-electron chi connectivity index (χ4n) is 3.03. The molecule has 2 fully saturated rings. The van der Waals surface area contributed by atoms with Gasteiger partial charge in [-0.15, -0.1) is 0 Å². The highest BCUT2D eigenvalue weighted by molar-refractivity contribution is 6.34. The number of amides is 3. The molecule has 0 radical (unpaired) electrons. The highest BCUT2D eigenvalue weighted by Crippen LogP contribution is 2.48. The summed E-state index contributed by atoms with van der Waals surface area (Å²) in [6.45, 7) is 1.08. The minimum atomic E-state index is -0.436. The van der Waals surface area contributed by atoms with Crippen molar-refractivity contribution in [1.29, 1.82) is 0 Å². The van der Waals surface area contributed by atoms with Gasteiger partial charge in [0, 0.05) is 35.1 Å². The largest absolute Gasteiger partial charge is 0.351 e. The second-order valence-corrected chi connectivity index (χ2v) is 6.80. The first-order valence-corrected chi connectivity index (χ1v) is 8.00. The molecular formula is C15H17Cl2N3O2. The Morgan fingerprint density at radius 3 is 2.50 bits per heavy atom. The Morgan fingerprint density at radius 2 is 1.91 bits per heavy atom. The number of primary amides is 1. The Bertz CT molecular complexity index is 603. The van der Waals surface area contributed by atoms with Crippen LogP contribution >= 0.6 is 23.2 Å². The molecule has 0 aromatic heterocycles. The molecule has 0 bridgehead atoms. The van der Waals surface area contributed by atoms with Crippen molar-refractivity contribution in [2.75, 3.05) is 13.1 Å². The maximum absolute atomic E-state index is 12.3. The second kappa shape index (κ2) is 5.97. The molecule has 5 nitrogen and oxygen atoms in total. The van der Waals surface area contributed by atoms with Crippen LogP contribution in [0.3, 0.4) is 0 Å². The summed E-state index contributed by atoms with van der Waals surface area (Å²) in [5, 5.41) is 4.17. The quantitative estimate of drug-likeness (QED) is 0.885. The van der Waals surface area contributed by atoms with Crippen LogP contribution in [0.25, 0.3) is 0 Å². The summed E-state index contributed by atoms with van der Waals surface area (Å²) < 4.78 is 0. The van der Waals surface area contributed by atoms with E-state index in [9.17, 15) is 9.59 Å². The Hall–Kier alpha value is -1.46. The molecule has 1 aromatic carbocycles. The zero-order chi connectivity index (χ0) is 15.9. The third kappa shape index (κ3) is 3.31. The standard InChI is InChI=1S/C15H17Cl2N3O2/c16-9-3-8(4-10(17)5-9)12-6-13(12)14(21)19-11-1-2-20(7-11)15(18)22/h3-5,11-13H,1-2,6-7H2,(H2,18,22)(H,19,21). The SMILES string of the molecule is NC(=O)N1CCC(NC(=O)C2CC2c2cc(Cl)cc(Cl)c2)C1. The first-order valence-electron chi connectivity index (χ1n) is 7.25. The Labute approximate surface area is 138 Å². The minimum Gasteiger partial charge on any atom is -0.351 e. The fourth-order valence-corrected chi connectivity index (χ4v) is 3.57. The van der Waals surface area contributed by atoms with Crippen molar-refractivity contribution in [3.05, 3.63) is 33.8 Å². The maximum atomic E-state index is 12.3. The number of rotatable bonds is 3. The Kier molecular flexibility index (Phi) is 4.19. The highest BCUT2D eigenvalue weighted by atomic mass is 35.5. The van der Waals surface area contributed by atoms with Gasteiger partial charge in [-0.3, -0.25) is 4.79 Å². The number of benzene rings is 1. The first kappa shape index (κ1) is 15.4. The minimum absolute atomic E-state index is 0.0100. The number of carbonyl (C=O) groups excluding carboxylic acids is 2. The van der Waals surface area contributed by atoms with Gasteiger partial charge in [-0.2, -0.15) is 0 Å². The summed E-state index contributed by atoms with van der Waals surface area (Å²) in [4.78, 5) is 24.9. The van der Waals surface area contributed by atoms with Gasteiger partial charge in [0.2, 0.25) is 5.91 Å². The van der Waals surface area contributed by atoms with Gasteiger partial charge in [0.1, 0.15) is 0 Å². The lowest BCUT2D eigenvalue weighted by molar-refractivity contribution is -0.123. The normalized spacial score (nSPS) is 26.8. The third-order valence-electron chi connectivity index (χ3n) is 4.29. The smallest absolute Gasteiger partial charge is 0.314 e. The molecule has 1 aromatic rings. The third-order valence-corrected chi connectivity index (χ3v) is 4.72. The number of urea groups is 1. The van der Waals surface area contributed by atoms with E-state index in [4.69, 9.17) is 28.9 Å². The van der Waals surface area contributed by atoms with E-state index in [0.717, 1.165) is 18.4 Å². The molecule has 1 aliphatic heterocycles. The Morgan fingerprint density at radius 1 is 1.23 bits per heavy atom. The second-order valence-electron chi connectivity index (χ2n) is 5.93. The molecule has 1 saturated carbocycles. The number of nitrogens with zero attached hydrogens (tertiary/aromatic N) is 1. The molecule has 3 rings (SSSR count). The molecule has 3 amide bonds. The van der Waals surface area contributed by atoms with Crippen LogP contribution in [0.4, 0.5) is 4.79 Å². The van der Waals surface area contributed by atoms with Crippen molar-refractivity contribution in [2.45, 2.75) is 24.8 Å². The molecule has 1 saturated heterocycles. The van der Waals surface area contributed by atoms with E-state index in [1.54, 1.807) is 11.0 Å². The van der Waals surface area contributed by atoms with Gasteiger partial charge in [0.15, 0.2) is 0 Å². The lowest BCUT2D eigenvalue weighted by Crippen LogP contribution is -2.40. The van der Waals surface area contributed by atoms with Crippen LogP contribution in [-0.2, 0) is 4.79 Å². The molecule has 1 heterocycles. The Balaban J connectivity index is 1.56. The maximum Gasteiger partial charge on any atom is 0.314 e. The lowest BCUT2D eigenvalue weighted by atomic mass is 10.1. The lowest BCUT2D eigenvalue weighted by Gasteiger charge is -2.14. The average Bonchev–Trinajstić information content (AvgIpc) is 3.10. The summed E-state index contributed by atoms with van der Waals surface area (Å²) in [6.07, 6.45) is 1.55.